The summed E-state index contributed by atoms with van der Waals surface area (Å²) in [4.78, 5) is 12.0. The highest BCUT2D eigenvalue weighted by Gasteiger charge is 2.39. The van der Waals surface area contributed by atoms with Crippen LogP contribution in [0.2, 0.25) is 0 Å². The van der Waals surface area contributed by atoms with Gasteiger partial charge in [-0.1, -0.05) is 13.8 Å². The van der Waals surface area contributed by atoms with E-state index in [0.717, 1.165) is 12.1 Å². The lowest BCUT2D eigenvalue weighted by atomic mass is 10.1. The molecule has 0 atom stereocenters. The minimum atomic E-state index is -4.82. The third-order valence-corrected chi connectivity index (χ3v) is 6.30. The molecule has 29 heavy (non-hydrogen) atoms. The van der Waals surface area contributed by atoms with Crippen molar-refractivity contribution in [2.45, 2.75) is 38.8 Å². The Kier molecular flexibility index (Phi) is 7.01. The molecule has 1 amide bonds. The zero-order valence-electron chi connectivity index (χ0n) is 15.9. The number of halogens is 3. The van der Waals surface area contributed by atoms with Crippen molar-refractivity contribution in [3.63, 3.8) is 0 Å². The zero-order chi connectivity index (χ0) is 21.9. The average molecular weight is 440 g/mol. The summed E-state index contributed by atoms with van der Waals surface area (Å²) in [5.41, 5.74) is 0.130. The van der Waals surface area contributed by atoms with E-state index in [1.807, 2.05) is 0 Å². The van der Waals surface area contributed by atoms with Crippen LogP contribution in [-0.4, -0.2) is 54.9 Å². The highest BCUT2D eigenvalue weighted by molar-refractivity contribution is 7.89. The van der Waals surface area contributed by atoms with E-state index in [-0.39, 0.29) is 43.3 Å². The van der Waals surface area contributed by atoms with Gasteiger partial charge < -0.3 is 14.6 Å². The van der Waals surface area contributed by atoms with Gasteiger partial charge in [-0.3, -0.25) is 5.32 Å². The van der Waals surface area contributed by atoms with Crippen LogP contribution >= 0.6 is 0 Å². The molecule has 12 heteroatoms. The Morgan fingerprint density at radius 2 is 1.79 bits per heavy atom. The first-order chi connectivity index (χ1) is 13.3. The van der Waals surface area contributed by atoms with Gasteiger partial charge in [-0.25, -0.2) is 17.5 Å². The SMILES string of the molecule is CC(C)CS(=O)(=O)N1CCC(O)(OC(=O)Nc2ccc(OC(F)(F)F)cc2)CC1. The van der Waals surface area contributed by atoms with Gasteiger partial charge in [-0.15, -0.1) is 13.2 Å². The summed E-state index contributed by atoms with van der Waals surface area (Å²) in [5, 5.41) is 12.7. The van der Waals surface area contributed by atoms with Crippen LogP contribution < -0.4 is 10.1 Å². The largest absolute Gasteiger partial charge is 0.573 e. The van der Waals surface area contributed by atoms with Gasteiger partial charge in [0.25, 0.3) is 0 Å². The van der Waals surface area contributed by atoms with Crippen LogP contribution in [0.25, 0.3) is 0 Å². The van der Waals surface area contributed by atoms with Crippen molar-refractivity contribution in [2.75, 3.05) is 24.2 Å². The number of hydrogen-bond acceptors (Lipinski definition) is 6. The molecule has 2 N–H and O–H groups in total. The summed E-state index contributed by atoms with van der Waals surface area (Å²) in [6.45, 7) is 3.57. The topological polar surface area (TPSA) is 105 Å². The van der Waals surface area contributed by atoms with Gasteiger partial charge >= 0.3 is 12.5 Å². The van der Waals surface area contributed by atoms with E-state index in [2.05, 4.69) is 10.1 Å². The first kappa shape index (κ1) is 23.2. The number of piperidine rings is 1. The predicted octanol–water partition coefficient (Wildman–Crippen LogP) is 2.90. The van der Waals surface area contributed by atoms with Crippen molar-refractivity contribution in [2.24, 2.45) is 5.92 Å². The van der Waals surface area contributed by atoms with E-state index in [1.54, 1.807) is 13.8 Å². The second kappa shape index (κ2) is 8.76. The van der Waals surface area contributed by atoms with E-state index in [1.165, 1.54) is 16.4 Å². The van der Waals surface area contributed by atoms with Gasteiger partial charge in [-0.05, 0) is 30.2 Å². The number of aliphatic hydroxyl groups is 1. The van der Waals surface area contributed by atoms with Crippen LogP contribution in [0.1, 0.15) is 26.7 Å². The summed E-state index contributed by atoms with van der Waals surface area (Å²) in [6.07, 6.45) is -6.04. The van der Waals surface area contributed by atoms with Gasteiger partial charge in [0.15, 0.2) is 0 Å². The molecule has 1 aromatic rings. The van der Waals surface area contributed by atoms with Crippen molar-refractivity contribution in [1.29, 1.82) is 0 Å². The third-order valence-electron chi connectivity index (χ3n) is 4.06. The van der Waals surface area contributed by atoms with Crippen LogP contribution in [0.15, 0.2) is 24.3 Å². The molecule has 1 saturated heterocycles. The standard InChI is InChI=1S/C17H23F3N2O6S/c1-12(2)11-29(25,26)22-9-7-16(24,8-10-22)28-15(23)21-13-3-5-14(6-4-13)27-17(18,19)20/h3-6,12,24H,7-11H2,1-2H3,(H,21,23). The minimum Gasteiger partial charge on any atom is -0.417 e. The van der Waals surface area contributed by atoms with Crippen LogP contribution in [0.4, 0.5) is 23.7 Å². The van der Waals surface area contributed by atoms with Crippen LogP contribution in [0.3, 0.4) is 0 Å². The third kappa shape index (κ3) is 7.37. The fourth-order valence-electron chi connectivity index (χ4n) is 2.80. The quantitative estimate of drug-likeness (QED) is 0.659. The number of nitrogens with zero attached hydrogens (tertiary/aromatic N) is 1. The summed E-state index contributed by atoms with van der Waals surface area (Å²) >= 11 is 0. The molecule has 0 aromatic heterocycles. The first-order valence-electron chi connectivity index (χ1n) is 8.84. The molecule has 0 bridgehead atoms. The summed E-state index contributed by atoms with van der Waals surface area (Å²) in [5.74, 6) is -2.35. The Bertz CT molecular complexity index is 803. The number of nitrogens with one attached hydrogen (secondary N) is 1. The minimum absolute atomic E-state index is 0.00229. The summed E-state index contributed by atoms with van der Waals surface area (Å²) < 4.78 is 70.9. The fourth-order valence-corrected chi connectivity index (χ4v) is 4.59. The molecule has 0 spiro atoms. The highest BCUT2D eigenvalue weighted by atomic mass is 32.2. The number of benzene rings is 1. The maximum absolute atomic E-state index is 12.2. The van der Waals surface area contributed by atoms with Crippen LogP contribution in [0, 0.1) is 5.92 Å². The maximum atomic E-state index is 12.2. The molecule has 0 unspecified atom stereocenters. The lowest BCUT2D eigenvalue weighted by molar-refractivity contribution is -0.274. The van der Waals surface area contributed by atoms with Gasteiger partial charge in [0.1, 0.15) is 5.75 Å². The number of ether oxygens (including phenoxy) is 2. The second-order valence-electron chi connectivity index (χ2n) is 7.10. The fraction of sp³-hybridized carbons (Fsp3) is 0.588. The number of hydrogen-bond donors (Lipinski definition) is 2. The van der Waals surface area contributed by atoms with Crippen molar-refractivity contribution in [1.82, 2.24) is 4.31 Å². The van der Waals surface area contributed by atoms with E-state index < -0.39 is 34.0 Å². The molecule has 2 rings (SSSR count). The second-order valence-corrected chi connectivity index (χ2v) is 9.12. The Hall–Kier alpha value is -2.05. The van der Waals surface area contributed by atoms with Crippen molar-refractivity contribution < 1.29 is 41.0 Å². The van der Waals surface area contributed by atoms with Crippen molar-refractivity contribution in [3.05, 3.63) is 24.3 Å². The molecule has 0 saturated carbocycles. The smallest absolute Gasteiger partial charge is 0.417 e. The molecule has 0 radical (unpaired) electrons. The molecular weight excluding hydrogens is 417 g/mol. The van der Waals surface area contributed by atoms with E-state index in [0.29, 0.717) is 0 Å². The molecule has 1 aliphatic rings. The number of rotatable bonds is 6. The zero-order valence-corrected chi connectivity index (χ0v) is 16.7. The summed E-state index contributed by atoms with van der Waals surface area (Å²) in [6, 6.07) is 4.37. The van der Waals surface area contributed by atoms with Gasteiger partial charge in [0.2, 0.25) is 15.8 Å². The maximum Gasteiger partial charge on any atom is 0.573 e. The molecule has 1 fully saturated rings. The van der Waals surface area contributed by atoms with Crippen LogP contribution in [-0.2, 0) is 14.8 Å². The van der Waals surface area contributed by atoms with Gasteiger partial charge in [-0.2, -0.15) is 0 Å². The van der Waals surface area contributed by atoms with Crippen molar-refractivity contribution in [3.8, 4) is 5.75 Å². The van der Waals surface area contributed by atoms with E-state index >= 15 is 0 Å². The average Bonchev–Trinajstić information content (AvgIpc) is 2.54. The first-order valence-corrected chi connectivity index (χ1v) is 10.4. The number of carbonyl (C=O) groups is 1. The number of amides is 1. The monoisotopic (exact) mass is 440 g/mol. The van der Waals surface area contributed by atoms with Crippen LogP contribution in [0.5, 0.6) is 5.75 Å². The Morgan fingerprint density at radius 3 is 2.28 bits per heavy atom. The predicted molar refractivity (Wildman–Crippen MR) is 97.6 cm³/mol. The highest BCUT2D eigenvalue weighted by Crippen LogP contribution is 2.27. The lowest BCUT2D eigenvalue weighted by Crippen LogP contribution is -2.50. The molecule has 8 nitrogen and oxygen atoms in total. The van der Waals surface area contributed by atoms with Gasteiger partial charge in [0, 0.05) is 31.6 Å². The summed E-state index contributed by atoms with van der Waals surface area (Å²) in [7, 11) is -3.45. The Labute approximate surface area is 166 Å². The number of carbonyl (C=O) groups excluding carboxylic acids is 1. The molecule has 1 aromatic carbocycles. The normalized spacial score (nSPS) is 17.8. The van der Waals surface area contributed by atoms with E-state index in [4.69, 9.17) is 4.74 Å². The van der Waals surface area contributed by atoms with Gasteiger partial charge in [0.05, 0.1) is 5.75 Å². The molecule has 0 aliphatic carbocycles. The van der Waals surface area contributed by atoms with E-state index in [9.17, 15) is 31.5 Å². The molecule has 1 aliphatic heterocycles. The Balaban J connectivity index is 1.88. The number of anilines is 1. The molecular formula is C17H23F3N2O6S. The molecule has 164 valence electrons. The Morgan fingerprint density at radius 1 is 1.24 bits per heavy atom. The molecule has 1 heterocycles. The number of sulfonamides is 1. The van der Waals surface area contributed by atoms with Crippen molar-refractivity contribution >= 4 is 21.8 Å². The number of alkyl halides is 3. The lowest BCUT2D eigenvalue weighted by Gasteiger charge is -2.36.